The largest absolute Gasteiger partial charge is 0.277 e. The third-order valence-electron chi connectivity index (χ3n) is 2.55. The molecule has 0 aliphatic carbocycles. The van der Waals surface area contributed by atoms with E-state index in [1.807, 2.05) is 0 Å². The molecule has 2 aromatic rings. The average Bonchev–Trinajstić information content (AvgIpc) is 2.39. The molecule has 0 fully saturated rings. The predicted molar refractivity (Wildman–Crippen MR) is 77.8 cm³/mol. The van der Waals surface area contributed by atoms with Crippen molar-refractivity contribution in [1.29, 1.82) is 0 Å². The van der Waals surface area contributed by atoms with Gasteiger partial charge in [-0.2, -0.15) is 0 Å². The van der Waals surface area contributed by atoms with E-state index in [2.05, 4.69) is 0 Å². The predicted octanol–water partition coefficient (Wildman–Crippen LogP) is 4.77. The number of rotatable bonds is 3. The van der Waals surface area contributed by atoms with Gasteiger partial charge in [-0.1, -0.05) is 47.5 Å². The summed E-state index contributed by atoms with van der Waals surface area (Å²) in [6.07, 6.45) is 1.39. The van der Waals surface area contributed by atoms with Crippen LogP contribution in [0.5, 0.6) is 0 Å². The fraction of sp³-hybridized carbons (Fsp3) is 0. The van der Waals surface area contributed by atoms with Crippen molar-refractivity contribution in [2.24, 2.45) is 0 Å². The molecule has 19 heavy (non-hydrogen) atoms. The first-order chi connectivity index (χ1) is 9.09. The molecule has 0 bridgehead atoms. The van der Waals surface area contributed by atoms with E-state index in [1.165, 1.54) is 6.08 Å². The van der Waals surface area contributed by atoms with Gasteiger partial charge in [0, 0.05) is 21.7 Å². The fourth-order valence-corrected chi connectivity index (χ4v) is 2.14. The van der Waals surface area contributed by atoms with Crippen LogP contribution in [0, 0.1) is 10.1 Å². The van der Waals surface area contributed by atoms with Crippen molar-refractivity contribution >= 4 is 35.0 Å². The van der Waals surface area contributed by atoms with Gasteiger partial charge in [0.05, 0.1) is 10.5 Å². The van der Waals surface area contributed by atoms with Crippen LogP contribution in [0.4, 0.5) is 0 Å². The monoisotopic (exact) mass is 293 g/mol. The SMILES string of the molecule is O=[N+]([O-])/C(=C\c1c(Cl)cccc1Cl)c1ccccc1. The van der Waals surface area contributed by atoms with Crippen molar-refractivity contribution in [1.82, 2.24) is 0 Å². The van der Waals surface area contributed by atoms with Gasteiger partial charge in [0.15, 0.2) is 0 Å². The minimum absolute atomic E-state index is 0.0457. The Bertz CT molecular complexity index is 619. The number of benzene rings is 2. The van der Waals surface area contributed by atoms with Gasteiger partial charge in [-0.05, 0) is 24.3 Å². The molecule has 0 saturated heterocycles. The van der Waals surface area contributed by atoms with Gasteiger partial charge in [-0.25, -0.2) is 0 Å². The van der Waals surface area contributed by atoms with Gasteiger partial charge in [0.25, 0.3) is 5.70 Å². The Hall–Kier alpha value is -1.84. The second-order valence-electron chi connectivity index (χ2n) is 3.79. The molecule has 0 spiro atoms. The molecule has 0 aliphatic rings. The van der Waals surface area contributed by atoms with Gasteiger partial charge in [0.2, 0.25) is 0 Å². The smallest absolute Gasteiger partial charge is 0.258 e. The molecular weight excluding hydrogens is 285 g/mol. The Labute approximate surface area is 120 Å². The number of nitro groups is 1. The van der Waals surface area contributed by atoms with Crippen LogP contribution in [-0.4, -0.2) is 4.92 Å². The topological polar surface area (TPSA) is 43.1 Å². The highest BCUT2D eigenvalue weighted by molar-refractivity contribution is 6.37. The van der Waals surface area contributed by atoms with Crippen LogP contribution in [0.3, 0.4) is 0 Å². The maximum Gasteiger partial charge on any atom is 0.277 e. The molecule has 2 rings (SSSR count). The van der Waals surface area contributed by atoms with Crippen molar-refractivity contribution in [2.45, 2.75) is 0 Å². The molecule has 0 heterocycles. The van der Waals surface area contributed by atoms with Gasteiger partial charge in [0.1, 0.15) is 0 Å². The minimum atomic E-state index is -0.449. The Morgan fingerprint density at radius 1 is 1.00 bits per heavy atom. The zero-order chi connectivity index (χ0) is 13.8. The van der Waals surface area contributed by atoms with Crippen molar-refractivity contribution in [2.75, 3.05) is 0 Å². The van der Waals surface area contributed by atoms with E-state index < -0.39 is 4.92 Å². The zero-order valence-corrected chi connectivity index (χ0v) is 11.2. The molecule has 0 aliphatic heterocycles. The first-order valence-electron chi connectivity index (χ1n) is 5.45. The lowest BCUT2D eigenvalue weighted by Crippen LogP contribution is -1.98. The highest BCUT2D eigenvalue weighted by Crippen LogP contribution is 2.29. The van der Waals surface area contributed by atoms with Crippen molar-refractivity contribution < 1.29 is 4.92 Å². The molecule has 0 atom stereocenters. The number of hydrogen-bond donors (Lipinski definition) is 0. The number of nitrogens with zero attached hydrogens (tertiary/aromatic N) is 1. The summed E-state index contributed by atoms with van der Waals surface area (Å²) in [5.74, 6) is 0. The molecular formula is C14H9Cl2NO2. The third-order valence-corrected chi connectivity index (χ3v) is 3.21. The summed E-state index contributed by atoms with van der Waals surface area (Å²) in [6, 6.07) is 13.6. The van der Waals surface area contributed by atoms with E-state index in [4.69, 9.17) is 23.2 Å². The van der Waals surface area contributed by atoms with E-state index in [0.29, 0.717) is 21.2 Å². The quantitative estimate of drug-likeness (QED) is 0.465. The van der Waals surface area contributed by atoms with Gasteiger partial charge in [-0.3, -0.25) is 10.1 Å². The molecule has 2 aromatic carbocycles. The summed E-state index contributed by atoms with van der Waals surface area (Å²) in [7, 11) is 0. The molecule has 0 unspecified atom stereocenters. The van der Waals surface area contributed by atoms with Crippen LogP contribution in [0.1, 0.15) is 11.1 Å². The fourth-order valence-electron chi connectivity index (χ4n) is 1.64. The molecule has 0 N–H and O–H groups in total. The Balaban J connectivity index is 2.57. The number of hydrogen-bond acceptors (Lipinski definition) is 2. The minimum Gasteiger partial charge on any atom is -0.258 e. The average molecular weight is 294 g/mol. The summed E-state index contributed by atoms with van der Waals surface area (Å²) in [6.45, 7) is 0. The highest BCUT2D eigenvalue weighted by Gasteiger charge is 2.15. The maximum absolute atomic E-state index is 11.2. The van der Waals surface area contributed by atoms with Crippen molar-refractivity contribution in [3.63, 3.8) is 0 Å². The van der Waals surface area contributed by atoms with Crippen LogP contribution < -0.4 is 0 Å². The maximum atomic E-state index is 11.2. The van der Waals surface area contributed by atoms with E-state index >= 15 is 0 Å². The van der Waals surface area contributed by atoms with Gasteiger partial charge < -0.3 is 0 Å². The third kappa shape index (κ3) is 3.13. The Kier molecular flexibility index (Phi) is 4.20. The van der Waals surface area contributed by atoms with E-state index in [-0.39, 0.29) is 5.70 Å². The van der Waals surface area contributed by atoms with Crippen LogP contribution in [0.2, 0.25) is 10.0 Å². The summed E-state index contributed by atoms with van der Waals surface area (Å²) >= 11 is 12.0. The normalized spacial score (nSPS) is 11.4. The standard InChI is InChI=1S/C14H9Cl2NO2/c15-12-7-4-8-13(16)11(12)9-14(17(18)19)10-5-2-1-3-6-10/h1-9H/b14-9-. The van der Waals surface area contributed by atoms with Crippen LogP contribution in [0.15, 0.2) is 48.5 Å². The van der Waals surface area contributed by atoms with E-state index in [9.17, 15) is 10.1 Å². The first-order valence-corrected chi connectivity index (χ1v) is 6.20. The first kappa shape index (κ1) is 13.6. The van der Waals surface area contributed by atoms with Gasteiger partial charge >= 0.3 is 0 Å². The highest BCUT2D eigenvalue weighted by atomic mass is 35.5. The molecule has 5 heteroatoms. The summed E-state index contributed by atoms with van der Waals surface area (Å²) in [4.78, 5) is 10.7. The lowest BCUT2D eigenvalue weighted by molar-refractivity contribution is -0.374. The molecule has 0 saturated carbocycles. The second-order valence-corrected chi connectivity index (χ2v) is 4.60. The summed E-state index contributed by atoms with van der Waals surface area (Å²) in [5, 5.41) is 11.9. The van der Waals surface area contributed by atoms with Gasteiger partial charge in [-0.15, -0.1) is 0 Å². The lowest BCUT2D eigenvalue weighted by Gasteiger charge is -2.03. The number of halogens is 2. The van der Waals surface area contributed by atoms with Crippen LogP contribution in [0.25, 0.3) is 11.8 Å². The Morgan fingerprint density at radius 2 is 1.58 bits per heavy atom. The summed E-state index contributed by atoms with van der Waals surface area (Å²) in [5.41, 5.74) is 0.903. The molecule has 0 aromatic heterocycles. The van der Waals surface area contributed by atoms with Crippen molar-refractivity contribution in [3.05, 3.63) is 79.8 Å². The van der Waals surface area contributed by atoms with E-state index in [1.54, 1.807) is 48.5 Å². The van der Waals surface area contributed by atoms with Crippen LogP contribution >= 0.6 is 23.2 Å². The Morgan fingerprint density at radius 3 is 2.11 bits per heavy atom. The molecule has 96 valence electrons. The molecule has 0 amide bonds. The zero-order valence-electron chi connectivity index (χ0n) is 9.72. The van der Waals surface area contributed by atoms with Crippen LogP contribution in [-0.2, 0) is 0 Å². The van der Waals surface area contributed by atoms with E-state index in [0.717, 1.165) is 0 Å². The molecule has 0 radical (unpaired) electrons. The lowest BCUT2D eigenvalue weighted by atomic mass is 10.1. The second kappa shape index (κ2) is 5.87. The molecule has 3 nitrogen and oxygen atoms in total. The summed E-state index contributed by atoms with van der Waals surface area (Å²) < 4.78 is 0. The van der Waals surface area contributed by atoms with Crippen molar-refractivity contribution in [3.8, 4) is 0 Å².